The first-order valence-corrected chi connectivity index (χ1v) is 20.1. The fourth-order valence-electron chi connectivity index (χ4n) is 9.49. The average molecular weight is 733 g/mol. The largest absolute Gasteiger partial charge is 0.0616 e. The van der Waals surface area contributed by atoms with Crippen LogP contribution in [0.4, 0.5) is 0 Å². The summed E-state index contributed by atoms with van der Waals surface area (Å²) in [4.78, 5) is 0. The molecule has 0 heterocycles. The van der Waals surface area contributed by atoms with Crippen LogP contribution in [-0.4, -0.2) is 0 Å². The number of hydrogen-bond acceptors (Lipinski definition) is 0. The van der Waals surface area contributed by atoms with Crippen molar-refractivity contribution in [2.75, 3.05) is 0 Å². The molecule has 0 nitrogen and oxygen atoms in total. The highest BCUT2D eigenvalue weighted by Gasteiger charge is 2.12. The zero-order valence-corrected chi connectivity index (χ0v) is 31.8. The van der Waals surface area contributed by atoms with Gasteiger partial charge in [-0.25, -0.2) is 0 Å². The van der Waals surface area contributed by atoms with Crippen molar-refractivity contribution in [3.8, 4) is 44.5 Å². The molecule has 0 aliphatic carbocycles. The first-order valence-electron chi connectivity index (χ1n) is 20.1. The molecular formula is C58H36. The van der Waals surface area contributed by atoms with E-state index in [4.69, 9.17) is 0 Å². The maximum atomic E-state index is 2.35. The topological polar surface area (TPSA) is 0 Å². The summed E-state index contributed by atoms with van der Waals surface area (Å²) in [5.41, 5.74) is 9.94. The Hall–Kier alpha value is -7.54. The van der Waals surface area contributed by atoms with Crippen LogP contribution in [0, 0.1) is 0 Å². The smallest absolute Gasteiger partial charge is 0.00988 e. The third-order valence-electron chi connectivity index (χ3n) is 12.4. The average Bonchev–Trinajstić information content (AvgIpc) is 3.30. The second-order valence-corrected chi connectivity index (χ2v) is 15.7. The molecule has 12 aromatic carbocycles. The molecule has 0 saturated heterocycles. The lowest BCUT2D eigenvalue weighted by Crippen LogP contribution is -1.86. The summed E-state index contributed by atoms with van der Waals surface area (Å²) in [6, 6.07) is 80.9. The normalized spacial score (nSPS) is 11.8. The first kappa shape index (κ1) is 32.7. The van der Waals surface area contributed by atoms with Crippen LogP contribution in [-0.2, 0) is 0 Å². The maximum Gasteiger partial charge on any atom is -0.00988 e. The van der Waals surface area contributed by atoms with Crippen LogP contribution < -0.4 is 0 Å². The molecule has 0 radical (unpaired) electrons. The highest BCUT2D eigenvalue weighted by Crippen LogP contribution is 2.39. The van der Waals surface area contributed by atoms with Crippen LogP contribution in [0.5, 0.6) is 0 Å². The van der Waals surface area contributed by atoms with Gasteiger partial charge in [0.2, 0.25) is 0 Å². The molecule has 0 heteroatoms. The molecule has 0 aliphatic heterocycles. The molecule has 0 spiro atoms. The van der Waals surface area contributed by atoms with Crippen LogP contribution in [0.15, 0.2) is 218 Å². The Labute approximate surface area is 336 Å². The lowest BCUT2D eigenvalue weighted by molar-refractivity contribution is 1.63. The highest BCUT2D eigenvalue weighted by molar-refractivity contribution is 6.15. The molecule has 0 saturated carbocycles. The molecule has 0 N–H and O–H groups in total. The van der Waals surface area contributed by atoms with E-state index in [1.54, 1.807) is 0 Å². The Kier molecular flexibility index (Phi) is 7.33. The van der Waals surface area contributed by atoms with Crippen LogP contribution in [0.1, 0.15) is 0 Å². The van der Waals surface area contributed by atoms with Gasteiger partial charge in [-0.3, -0.25) is 0 Å². The van der Waals surface area contributed by atoms with Gasteiger partial charge in [0.15, 0.2) is 0 Å². The van der Waals surface area contributed by atoms with Crippen molar-refractivity contribution in [2.24, 2.45) is 0 Å². The van der Waals surface area contributed by atoms with Gasteiger partial charge in [0, 0.05) is 0 Å². The SMILES string of the molecule is c1cc(-c2ccc3c(ccc4cc(-c5ccc6c(ccc7cc(-c8cccc9ccccc89)ccc76)c5)ccc43)c2)cc(-c2cc3ccccc3c3ccccc23)c1. The van der Waals surface area contributed by atoms with Crippen LogP contribution >= 0.6 is 0 Å². The zero-order chi connectivity index (χ0) is 38.2. The summed E-state index contributed by atoms with van der Waals surface area (Å²) in [5, 5.41) is 17.8. The van der Waals surface area contributed by atoms with E-state index in [-0.39, 0.29) is 0 Å². The summed E-state index contributed by atoms with van der Waals surface area (Å²) in [6.45, 7) is 0. The van der Waals surface area contributed by atoms with E-state index in [1.165, 1.54) is 120 Å². The van der Waals surface area contributed by atoms with Gasteiger partial charge in [0.05, 0.1) is 0 Å². The predicted molar refractivity (Wildman–Crippen MR) is 251 cm³/mol. The molecule has 12 aromatic rings. The quantitative estimate of drug-likeness (QED) is 0.158. The Morgan fingerprint density at radius 1 is 0.155 bits per heavy atom. The van der Waals surface area contributed by atoms with Gasteiger partial charge in [-0.05, 0) is 156 Å². The van der Waals surface area contributed by atoms with Gasteiger partial charge in [-0.2, -0.15) is 0 Å². The van der Waals surface area contributed by atoms with Crippen molar-refractivity contribution in [1.82, 2.24) is 0 Å². The Balaban J connectivity index is 0.871. The van der Waals surface area contributed by atoms with Gasteiger partial charge in [0.25, 0.3) is 0 Å². The van der Waals surface area contributed by atoms with E-state index in [2.05, 4.69) is 218 Å². The lowest BCUT2D eigenvalue weighted by Gasteiger charge is -2.13. The van der Waals surface area contributed by atoms with Crippen molar-refractivity contribution in [3.05, 3.63) is 218 Å². The molecule has 12 rings (SSSR count). The van der Waals surface area contributed by atoms with Gasteiger partial charge in [-0.15, -0.1) is 0 Å². The van der Waals surface area contributed by atoms with Crippen molar-refractivity contribution in [2.45, 2.75) is 0 Å². The first-order chi connectivity index (χ1) is 28.7. The Morgan fingerprint density at radius 2 is 0.534 bits per heavy atom. The predicted octanol–water partition coefficient (Wildman–Crippen LogP) is 16.4. The Bertz CT molecular complexity index is 3620. The van der Waals surface area contributed by atoms with Crippen molar-refractivity contribution < 1.29 is 0 Å². The molecule has 268 valence electrons. The van der Waals surface area contributed by atoms with Crippen LogP contribution in [0.3, 0.4) is 0 Å². The molecule has 0 atom stereocenters. The van der Waals surface area contributed by atoms with Crippen molar-refractivity contribution >= 4 is 75.4 Å². The Morgan fingerprint density at radius 3 is 1.16 bits per heavy atom. The maximum absolute atomic E-state index is 2.35. The second kappa shape index (κ2) is 13.0. The zero-order valence-electron chi connectivity index (χ0n) is 31.8. The van der Waals surface area contributed by atoms with Crippen LogP contribution in [0.2, 0.25) is 0 Å². The summed E-state index contributed by atoms with van der Waals surface area (Å²) in [7, 11) is 0. The number of fused-ring (bicyclic) bond motifs is 10. The molecule has 0 aliphatic rings. The van der Waals surface area contributed by atoms with E-state index >= 15 is 0 Å². The third kappa shape index (κ3) is 5.30. The molecule has 58 heavy (non-hydrogen) atoms. The van der Waals surface area contributed by atoms with E-state index in [9.17, 15) is 0 Å². The van der Waals surface area contributed by atoms with E-state index in [0.29, 0.717) is 0 Å². The minimum Gasteiger partial charge on any atom is -0.0616 e. The molecule has 0 bridgehead atoms. The van der Waals surface area contributed by atoms with Gasteiger partial charge in [0.1, 0.15) is 0 Å². The summed E-state index contributed by atoms with van der Waals surface area (Å²) in [6.07, 6.45) is 0. The molecular weight excluding hydrogens is 697 g/mol. The third-order valence-corrected chi connectivity index (χ3v) is 12.4. The van der Waals surface area contributed by atoms with Gasteiger partial charge in [-0.1, -0.05) is 182 Å². The van der Waals surface area contributed by atoms with Crippen LogP contribution in [0.25, 0.3) is 120 Å². The van der Waals surface area contributed by atoms with E-state index in [1.807, 2.05) is 0 Å². The number of rotatable bonds is 4. The number of benzene rings is 12. The van der Waals surface area contributed by atoms with E-state index < -0.39 is 0 Å². The molecule has 0 unspecified atom stereocenters. The lowest BCUT2D eigenvalue weighted by atomic mass is 9.91. The van der Waals surface area contributed by atoms with Crippen molar-refractivity contribution in [3.63, 3.8) is 0 Å². The van der Waals surface area contributed by atoms with Gasteiger partial charge >= 0.3 is 0 Å². The van der Waals surface area contributed by atoms with Crippen molar-refractivity contribution in [1.29, 1.82) is 0 Å². The fraction of sp³-hybridized carbons (Fsp3) is 0. The molecule has 0 amide bonds. The monoisotopic (exact) mass is 732 g/mol. The summed E-state index contributed by atoms with van der Waals surface area (Å²) in [5.74, 6) is 0. The number of hydrogen-bond donors (Lipinski definition) is 0. The van der Waals surface area contributed by atoms with Gasteiger partial charge < -0.3 is 0 Å². The molecule has 0 aromatic heterocycles. The van der Waals surface area contributed by atoms with E-state index in [0.717, 1.165) is 0 Å². The minimum absolute atomic E-state index is 1.22. The minimum atomic E-state index is 1.22. The fourth-order valence-corrected chi connectivity index (χ4v) is 9.49. The summed E-state index contributed by atoms with van der Waals surface area (Å²) < 4.78 is 0. The second-order valence-electron chi connectivity index (χ2n) is 15.7. The highest BCUT2D eigenvalue weighted by atomic mass is 14.2. The standard InChI is InChI=1S/C58H36/c1-3-14-49-37(9-1)11-8-18-50(49)48-26-30-55-47(35-48)22-21-46-34-41(25-29-54(46)55)40-24-28-53-45(33-40)20-19-44-32-39(23-27-52(44)53)38-12-7-13-42(31-38)58-36-43-10-2-4-15-51(43)56-16-5-6-17-57(56)58/h1-36H. The summed E-state index contributed by atoms with van der Waals surface area (Å²) >= 11 is 0. The molecule has 0 fully saturated rings.